The van der Waals surface area contributed by atoms with Crippen molar-refractivity contribution in [3.05, 3.63) is 96.1 Å². The second kappa shape index (κ2) is 10.3. The summed E-state index contributed by atoms with van der Waals surface area (Å²) in [4.78, 5) is 42.2. The first-order valence-corrected chi connectivity index (χ1v) is 12.2. The highest BCUT2D eigenvalue weighted by atomic mass is 16.6. The molecule has 0 spiro atoms. The number of fused-ring (bicyclic) bond motifs is 1. The van der Waals surface area contributed by atoms with Crippen LogP contribution in [0.3, 0.4) is 0 Å². The normalized spacial score (nSPS) is 17.5. The number of anilines is 2. The van der Waals surface area contributed by atoms with Crippen molar-refractivity contribution in [2.24, 2.45) is 0 Å². The van der Waals surface area contributed by atoms with Crippen molar-refractivity contribution in [2.45, 2.75) is 44.9 Å². The Morgan fingerprint density at radius 2 is 1.49 bits per heavy atom. The molecule has 8 nitrogen and oxygen atoms in total. The van der Waals surface area contributed by atoms with Gasteiger partial charge in [-0.25, -0.2) is 9.59 Å². The highest BCUT2D eigenvalue weighted by Crippen LogP contribution is 2.50. The number of nitrogens with zero attached hydrogens (tertiary/aromatic N) is 1. The van der Waals surface area contributed by atoms with Gasteiger partial charge in [-0.2, -0.15) is 0 Å². The number of rotatable bonds is 6. The molecule has 0 bridgehead atoms. The van der Waals surface area contributed by atoms with Gasteiger partial charge in [-0.15, -0.1) is 0 Å². The molecular weight excluding hydrogens is 470 g/mol. The average Bonchev–Trinajstić information content (AvgIpc) is 3.11. The minimum atomic E-state index is -1.74. The number of amides is 3. The lowest BCUT2D eigenvalue weighted by Crippen LogP contribution is -2.60. The first kappa shape index (κ1) is 25.8. The molecule has 2 atom stereocenters. The van der Waals surface area contributed by atoms with Crippen LogP contribution in [0, 0.1) is 0 Å². The zero-order chi connectivity index (χ0) is 26.6. The first-order chi connectivity index (χ1) is 17.7. The van der Waals surface area contributed by atoms with Gasteiger partial charge in [0.1, 0.15) is 5.60 Å². The summed E-state index contributed by atoms with van der Waals surface area (Å²) in [6.07, 6.45) is -1.51. The SMILES string of the molecule is CCOC(=O)NC1([C@@H](NC(=O)OC(C)(C)C)c2ccccc2)C(=O)N(c2ccccc2)c2ccccc21. The number of carbonyl (C=O) groups excluding carboxylic acids is 3. The molecule has 0 aromatic heterocycles. The molecule has 1 heterocycles. The molecular formula is C29H31N3O5. The molecule has 4 rings (SSSR count). The number of carbonyl (C=O) groups is 3. The Labute approximate surface area is 216 Å². The van der Waals surface area contributed by atoms with Crippen molar-refractivity contribution >= 4 is 29.5 Å². The van der Waals surface area contributed by atoms with Crippen LogP contribution in [0.5, 0.6) is 0 Å². The number of hydrogen-bond donors (Lipinski definition) is 2. The van der Waals surface area contributed by atoms with Crippen LogP contribution >= 0.6 is 0 Å². The molecule has 0 fully saturated rings. The molecule has 0 saturated carbocycles. The quantitative estimate of drug-likeness (QED) is 0.460. The van der Waals surface area contributed by atoms with Gasteiger partial charge in [-0.3, -0.25) is 9.69 Å². The first-order valence-electron chi connectivity index (χ1n) is 12.2. The topological polar surface area (TPSA) is 97.0 Å². The van der Waals surface area contributed by atoms with E-state index in [-0.39, 0.29) is 6.61 Å². The lowest BCUT2D eigenvalue weighted by atomic mass is 9.80. The minimum Gasteiger partial charge on any atom is -0.450 e. The fraction of sp³-hybridized carbons (Fsp3) is 0.276. The van der Waals surface area contributed by atoms with Crippen molar-refractivity contribution in [3.8, 4) is 0 Å². The van der Waals surface area contributed by atoms with Crippen molar-refractivity contribution in [2.75, 3.05) is 11.5 Å². The van der Waals surface area contributed by atoms with Crippen LogP contribution in [0.15, 0.2) is 84.9 Å². The second-order valence-corrected chi connectivity index (χ2v) is 9.64. The smallest absolute Gasteiger partial charge is 0.408 e. The zero-order valence-corrected chi connectivity index (χ0v) is 21.4. The Kier molecular flexibility index (Phi) is 7.20. The summed E-state index contributed by atoms with van der Waals surface area (Å²) in [5.74, 6) is -0.446. The Bertz CT molecular complexity index is 1270. The highest BCUT2D eigenvalue weighted by Gasteiger charge is 2.58. The Hall–Kier alpha value is -4.33. The van der Waals surface area contributed by atoms with Gasteiger partial charge < -0.3 is 20.1 Å². The summed E-state index contributed by atoms with van der Waals surface area (Å²) in [6.45, 7) is 7.05. The molecule has 3 aromatic rings. The minimum absolute atomic E-state index is 0.107. The van der Waals surface area contributed by atoms with Crippen LogP contribution in [0.4, 0.5) is 21.0 Å². The summed E-state index contributed by atoms with van der Waals surface area (Å²) in [5.41, 5.74) is -0.193. The number of ether oxygens (including phenoxy) is 2. The maximum Gasteiger partial charge on any atom is 0.408 e. The van der Waals surface area contributed by atoms with E-state index in [0.717, 1.165) is 0 Å². The van der Waals surface area contributed by atoms with E-state index in [2.05, 4.69) is 10.6 Å². The monoisotopic (exact) mass is 501 g/mol. The number of para-hydroxylation sites is 2. The van der Waals surface area contributed by atoms with Crippen LogP contribution < -0.4 is 15.5 Å². The lowest BCUT2D eigenvalue weighted by Gasteiger charge is -2.38. The molecule has 37 heavy (non-hydrogen) atoms. The molecule has 2 N–H and O–H groups in total. The lowest BCUT2D eigenvalue weighted by molar-refractivity contribution is -0.124. The van der Waals surface area contributed by atoms with E-state index >= 15 is 0 Å². The van der Waals surface area contributed by atoms with Gasteiger partial charge in [0, 0.05) is 11.3 Å². The fourth-order valence-electron chi connectivity index (χ4n) is 4.55. The standard InChI is InChI=1S/C29H31N3O5/c1-5-36-27(35)31-29(24(20-14-8-6-9-15-20)30-26(34)37-28(2,3)4)22-18-12-13-19-23(22)32(25(29)33)21-16-10-7-11-17-21/h6-19,24H,5H2,1-4H3,(H,30,34)(H,31,35)/t24-,29?/m0/s1. The number of benzene rings is 3. The predicted molar refractivity (Wildman–Crippen MR) is 140 cm³/mol. The van der Waals surface area contributed by atoms with Crippen LogP contribution in [-0.2, 0) is 19.8 Å². The van der Waals surface area contributed by atoms with E-state index in [1.54, 1.807) is 69.0 Å². The van der Waals surface area contributed by atoms with Crippen molar-refractivity contribution in [1.29, 1.82) is 0 Å². The molecule has 192 valence electrons. The molecule has 0 saturated heterocycles. The highest BCUT2D eigenvalue weighted by molar-refractivity contribution is 6.14. The van der Waals surface area contributed by atoms with E-state index in [0.29, 0.717) is 22.5 Å². The van der Waals surface area contributed by atoms with E-state index in [1.807, 2.05) is 48.5 Å². The number of nitrogens with one attached hydrogen (secondary N) is 2. The van der Waals surface area contributed by atoms with Crippen molar-refractivity contribution < 1.29 is 23.9 Å². The van der Waals surface area contributed by atoms with Crippen molar-refractivity contribution in [1.82, 2.24) is 10.6 Å². The van der Waals surface area contributed by atoms with Crippen LogP contribution in [0.25, 0.3) is 0 Å². The van der Waals surface area contributed by atoms with Gasteiger partial charge in [0.25, 0.3) is 5.91 Å². The zero-order valence-electron chi connectivity index (χ0n) is 21.4. The number of alkyl carbamates (subject to hydrolysis) is 2. The second-order valence-electron chi connectivity index (χ2n) is 9.64. The van der Waals surface area contributed by atoms with Gasteiger partial charge in [-0.1, -0.05) is 66.7 Å². The molecule has 0 aliphatic carbocycles. The largest absolute Gasteiger partial charge is 0.450 e. The molecule has 3 amide bonds. The van der Waals surface area contributed by atoms with Gasteiger partial charge in [-0.05, 0) is 51.5 Å². The van der Waals surface area contributed by atoms with Crippen LogP contribution in [0.2, 0.25) is 0 Å². The van der Waals surface area contributed by atoms with E-state index in [1.165, 1.54) is 0 Å². The maximum atomic E-state index is 14.6. The molecule has 1 unspecified atom stereocenters. The van der Waals surface area contributed by atoms with E-state index in [4.69, 9.17) is 9.47 Å². The van der Waals surface area contributed by atoms with E-state index < -0.39 is 35.3 Å². The van der Waals surface area contributed by atoms with Gasteiger partial charge in [0.15, 0.2) is 5.54 Å². The molecule has 1 aliphatic heterocycles. The number of hydrogen-bond acceptors (Lipinski definition) is 5. The predicted octanol–water partition coefficient (Wildman–Crippen LogP) is 5.57. The third kappa shape index (κ3) is 5.14. The summed E-state index contributed by atoms with van der Waals surface area (Å²) in [6, 6.07) is 24.3. The third-order valence-corrected chi connectivity index (χ3v) is 5.93. The summed E-state index contributed by atoms with van der Waals surface area (Å²) < 4.78 is 10.8. The Morgan fingerprint density at radius 1 is 0.892 bits per heavy atom. The molecule has 8 heteroatoms. The molecule has 0 radical (unpaired) electrons. The van der Waals surface area contributed by atoms with Gasteiger partial charge >= 0.3 is 12.2 Å². The summed E-state index contributed by atoms with van der Waals surface area (Å²) in [7, 11) is 0. The Morgan fingerprint density at radius 3 is 2.11 bits per heavy atom. The van der Waals surface area contributed by atoms with Gasteiger partial charge in [0.2, 0.25) is 0 Å². The molecule has 3 aromatic carbocycles. The van der Waals surface area contributed by atoms with Crippen LogP contribution in [-0.4, -0.2) is 30.3 Å². The average molecular weight is 502 g/mol. The Balaban J connectivity index is 1.95. The fourth-order valence-corrected chi connectivity index (χ4v) is 4.55. The summed E-state index contributed by atoms with van der Waals surface area (Å²) >= 11 is 0. The van der Waals surface area contributed by atoms with Crippen molar-refractivity contribution in [3.63, 3.8) is 0 Å². The molecule has 1 aliphatic rings. The summed E-state index contributed by atoms with van der Waals surface area (Å²) in [5, 5.41) is 5.73. The maximum absolute atomic E-state index is 14.6. The van der Waals surface area contributed by atoms with E-state index in [9.17, 15) is 14.4 Å². The third-order valence-electron chi connectivity index (χ3n) is 5.93. The van der Waals surface area contributed by atoms with Gasteiger partial charge in [0.05, 0.1) is 18.3 Å². The van der Waals surface area contributed by atoms with Crippen LogP contribution in [0.1, 0.15) is 44.9 Å².